The Morgan fingerprint density at radius 2 is 2.41 bits per heavy atom. The van der Waals surface area contributed by atoms with Gasteiger partial charge in [0.1, 0.15) is 0 Å². The van der Waals surface area contributed by atoms with Gasteiger partial charge in [-0.05, 0) is 31.6 Å². The van der Waals surface area contributed by atoms with Crippen LogP contribution in [0.15, 0.2) is 0 Å². The second kappa shape index (κ2) is 3.75. The van der Waals surface area contributed by atoms with E-state index in [4.69, 9.17) is 5.73 Å². The van der Waals surface area contributed by atoms with E-state index in [2.05, 4.69) is 10.2 Å². The van der Waals surface area contributed by atoms with Gasteiger partial charge in [-0.2, -0.15) is 5.10 Å². The Morgan fingerprint density at radius 3 is 2.94 bits per heavy atom. The van der Waals surface area contributed by atoms with E-state index in [1.165, 1.54) is 6.42 Å². The van der Waals surface area contributed by atoms with Gasteiger partial charge >= 0.3 is 0 Å². The van der Waals surface area contributed by atoms with Gasteiger partial charge in [0, 0.05) is 12.6 Å². The number of nitrogens with one attached hydrogen (secondary N) is 1. The highest BCUT2D eigenvalue weighted by Gasteiger charge is 2.41. The molecule has 0 radical (unpaired) electrons. The number of nitrogens with two attached hydrogens (primary N) is 1. The number of amides is 1. The molecular formula is C12H18N4O. The van der Waals surface area contributed by atoms with E-state index in [1.807, 2.05) is 11.8 Å². The third-order valence-corrected chi connectivity index (χ3v) is 4.11. The summed E-state index contributed by atoms with van der Waals surface area (Å²) in [5, 5.41) is 6.92. The summed E-state index contributed by atoms with van der Waals surface area (Å²) in [5.74, 6) is 0.709. The smallest absolute Gasteiger partial charge is 0.276 e. The molecule has 1 aromatic heterocycles. The first-order valence-electron chi connectivity index (χ1n) is 6.34. The molecule has 17 heavy (non-hydrogen) atoms. The summed E-state index contributed by atoms with van der Waals surface area (Å²) in [5.41, 5.74) is 7.74. The molecule has 1 saturated heterocycles. The molecule has 1 amide bonds. The molecule has 2 atom stereocenters. The number of hydrogen-bond donors (Lipinski definition) is 2. The number of nitrogens with zero attached hydrogens (tertiary/aromatic N) is 2. The molecule has 0 spiro atoms. The fourth-order valence-electron chi connectivity index (χ4n) is 3.13. The number of hydrogen-bond acceptors (Lipinski definition) is 3. The molecule has 2 heterocycles. The number of anilines is 1. The maximum absolute atomic E-state index is 12.4. The van der Waals surface area contributed by atoms with Crippen molar-refractivity contribution >= 4 is 11.6 Å². The summed E-state index contributed by atoms with van der Waals surface area (Å²) in [4.78, 5) is 14.3. The van der Waals surface area contributed by atoms with E-state index in [0.29, 0.717) is 23.3 Å². The van der Waals surface area contributed by atoms with Crippen molar-refractivity contribution in [1.82, 2.24) is 15.1 Å². The number of nitrogen functional groups attached to an aromatic ring is 1. The number of carbonyl (C=O) groups excluding carboxylic acids is 1. The van der Waals surface area contributed by atoms with Gasteiger partial charge in [-0.15, -0.1) is 0 Å². The maximum Gasteiger partial charge on any atom is 0.276 e. The Balaban J connectivity index is 1.84. The van der Waals surface area contributed by atoms with Crippen molar-refractivity contribution in [2.75, 3.05) is 12.3 Å². The van der Waals surface area contributed by atoms with Crippen LogP contribution in [0.25, 0.3) is 0 Å². The van der Waals surface area contributed by atoms with E-state index in [1.54, 1.807) is 0 Å². The predicted octanol–water partition coefficient (Wildman–Crippen LogP) is 1.18. The van der Waals surface area contributed by atoms with E-state index < -0.39 is 0 Å². The van der Waals surface area contributed by atoms with Gasteiger partial charge in [0.05, 0.1) is 11.4 Å². The normalized spacial score (nSPS) is 26.8. The van der Waals surface area contributed by atoms with Crippen LogP contribution in [0.5, 0.6) is 0 Å². The third-order valence-electron chi connectivity index (χ3n) is 4.11. The monoisotopic (exact) mass is 234 g/mol. The minimum atomic E-state index is 0.00523. The topological polar surface area (TPSA) is 75.0 Å². The molecule has 2 fully saturated rings. The zero-order valence-corrected chi connectivity index (χ0v) is 10.1. The molecule has 3 rings (SSSR count). The number of aromatic amines is 1. The van der Waals surface area contributed by atoms with Gasteiger partial charge in [-0.3, -0.25) is 9.89 Å². The highest BCUT2D eigenvalue weighted by Crippen LogP contribution is 2.38. The Labute approximate surface area is 100 Å². The molecule has 92 valence electrons. The molecule has 1 aromatic rings. The van der Waals surface area contributed by atoms with E-state index in [0.717, 1.165) is 31.5 Å². The van der Waals surface area contributed by atoms with Crippen LogP contribution >= 0.6 is 0 Å². The van der Waals surface area contributed by atoms with E-state index >= 15 is 0 Å². The van der Waals surface area contributed by atoms with Crippen molar-refractivity contribution in [3.63, 3.8) is 0 Å². The van der Waals surface area contributed by atoms with Gasteiger partial charge < -0.3 is 10.6 Å². The molecule has 3 N–H and O–H groups in total. The van der Waals surface area contributed by atoms with Gasteiger partial charge in [0.2, 0.25) is 0 Å². The van der Waals surface area contributed by atoms with Crippen molar-refractivity contribution in [3.05, 3.63) is 11.4 Å². The lowest BCUT2D eigenvalue weighted by Crippen LogP contribution is -2.38. The van der Waals surface area contributed by atoms with E-state index in [-0.39, 0.29) is 5.91 Å². The Hall–Kier alpha value is -1.52. The fourth-order valence-corrected chi connectivity index (χ4v) is 3.13. The van der Waals surface area contributed by atoms with Crippen LogP contribution in [0.2, 0.25) is 0 Å². The molecule has 5 heteroatoms. The third kappa shape index (κ3) is 1.52. The first-order valence-corrected chi connectivity index (χ1v) is 6.34. The fraction of sp³-hybridized carbons (Fsp3) is 0.667. The molecule has 1 aliphatic carbocycles. The van der Waals surface area contributed by atoms with Crippen molar-refractivity contribution in [1.29, 1.82) is 0 Å². The number of aromatic nitrogens is 2. The molecule has 2 aliphatic rings. The van der Waals surface area contributed by atoms with Crippen LogP contribution in [-0.2, 0) is 6.42 Å². The average Bonchev–Trinajstić information content (AvgIpc) is 3.02. The average molecular weight is 234 g/mol. The highest BCUT2D eigenvalue weighted by molar-refractivity contribution is 5.98. The second-order valence-corrected chi connectivity index (χ2v) is 5.11. The lowest BCUT2D eigenvalue weighted by molar-refractivity contribution is 0.0698. The first-order chi connectivity index (χ1) is 8.20. The Bertz CT molecular complexity index is 453. The number of H-pyrrole nitrogens is 1. The van der Waals surface area contributed by atoms with Crippen molar-refractivity contribution in [3.8, 4) is 0 Å². The number of aryl methyl sites for hydroxylation is 1. The molecule has 0 aromatic carbocycles. The lowest BCUT2D eigenvalue weighted by Gasteiger charge is -2.26. The van der Waals surface area contributed by atoms with Crippen molar-refractivity contribution in [2.45, 2.75) is 38.6 Å². The van der Waals surface area contributed by atoms with Gasteiger partial charge in [-0.1, -0.05) is 6.92 Å². The molecule has 5 nitrogen and oxygen atoms in total. The Morgan fingerprint density at radius 1 is 1.59 bits per heavy atom. The molecular weight excluding hydrogens is 216 g/mol. The van der Waals surface area contributed by atoms with Crippen LogP contribution in [0.3, 0.4) is 0 Å². The highest BCUT2D eigenvalue weighted by atomic mass is 16.2. The predicted molar refractivity (Wildman–Crippen MR) is 64.5 cm³/mol. The largest absolute Gasteiger partial charge is 0.395 e. The van der Waals surface area contributed by atoms with Crippen LogP contribution in [-0.4, -0.2) is 33.6 Å². The van der Waals surface area contributed by atoms with Crippen molar-refractivity contribution in [2.24, 2.45) is 5.92 Å². The molecule has 2 unspecified atom stereocenters. The molecule has 2 bridgehead atoms. The van der Waals surface area contributed by atoms with Crippen LogP contribution < -0.4 is 5.73 Å². The van der Waals surface area contributed by atoms with Crippen molar-refractivity contribution < 1.29 is 4.79 Å². The number of fused-ring (bicyclic) bond motifs is 2. The molecule has 1 saturated carbocycles. The Kier molecular flexibility index (Phi) is 2.34. The summed E-state index contributed by atoms with van der Waals surface area (Å²) in [6, 6.07) is 0.425. The van der Waals surface area contributed by atoms with Gasteiger partial charge in [-0.25, -0.2) is 0 Å². The quantitative estimate of drug-likeness (QED) is 0.806. The number of piperidine rings is 1. The standard InChI is InChI=1S/C12H18N4O/c1-2-9-10(13)11(15-14-9)12(17)16-6-7-3-4-8(16)5-7/h7-8H,2-6,13H2,1H3,(H,14,15). The summed E-state index contributed by atoms with van der Waals surface area (Å²) in [6.07, 6.45) is 4.35. The number of rotatable bonds is 2. The number of likely N-dealkylation sites (tertiary alicyclic amines) is 1. The van der Waals surface area contributed by atoms with Crippen LogP contribution in [0.4, 0.5) is 5.69 Å². The SMILES string of the molecule is CCc1[nH]nc(C(=O)N2CC3CCC2C3)c1N. The zero-order valence-electron chi connectivity index (χ0n) is 10.1. The zero-order chi connectivity index (χ0) is 12.0. The first kappa shape index (κ1) is 10.6. The lowest BCUT2D eigenvalue weighted by atomic mass is 10.1. The van der Waals surface area contributed by atoms with Gasteiger partial charge in [0.25, 0.3) is 5.91 Å². The number of carbonyl (C=O) groups is 1. The van der Waals surface area contributed by atoms with Crippen LogP contribution in [0, 0.1) is 5.92 Å². The summed E-state index contributed by atoms with van der Waals surface area (Å²) < 4.78 is 0. The summed E-state index contributed by atoms with van der Waals surface area (Å²) in [7, 11) is 0. The maximum atomic E-state index is 12.4. The van der Waals surface area contributed by atoms with Gasteiger partial charge in [0.15, 0.2) is 5.69 Å². The molecule has 1 aliphatic heterocycles. The van der Waals surface area contributed by atoms with E-state index in [9.17, 15) is 4.79 Å². The summed E-state index contributed by atoms with van der Waals surface area (Å²) in [6.45, 7) is 2.88. The second-order valence-electron chi connectivity index (χ2n) is 5.11. The summed E-state index contributed by atoms with van der Waals surface area (Å²) >= 11 is 0. The minimum absolute atomic E-state index is 0.00523. The minimum Gasteiger partial charge on any atom is -0.395 e. The van der Waals surface area contributed by atoms with Crippen LogP contribution in [0.1, 0.15) is 42.4 Å².